The van der Waals surface area contributed by atoms with Crippen LogP contribution >= 0.6 is 23.2 Å². The fourth-order valence-corrected chi connectivity index (χ4v) is 2.43. The van der Waals surface area contributed by atoms with Crippen LogP contribution in [-0.2, 0) is 6.54 Å². The van der Waals surface area contributed by atoms with Gasteiger partial charge in [-0.1, -0.05) is 41.4 Å². The van der Waals surface area contributed by atoms with Gasteiger partial charge in [0, 0.05) is 34.9 Å². The molecule has 0 aliphatic rings. The van der Waals surface area contributed by atoms with Crippen LogP contribution in [0.3, 0.4) is 0 Å². The highest BCUT2D eigenvalue weighted by molar-refractivity contribution is 6.35. The summed E-state index contributed by atoms with van der Waals surface area (Å²) >= 11 is 11.8. The molecule has 0 atom stereocenters. The Labute approximate surface area is 127 Å². The molecular weight excluding hydrogens is 295 g/mol. The fraction of sp³-hybridized carbons (Fsp3) is 0.133. The lowest BCUT2D eigenvalue weighted by Gasteiger charge is -2.18. The number of anilines is 1. The molecule has 2 N–H and O–H groups in total. The van der Waals surface area contributed by atoms with Gasteiger partial charge in [0.15, 0.2) is 0 Å². The largest absolute Gasteiger partial charge is 0.398 e. The van der Waals surface area contributed by atoms with Gasteiger partial charge in [0.25, 0.3) is 5.91 Å². The molecule has 0 aliphatic heterocycles. The third-order valence-electron chi connectivity index (χ3n) is 2.92. The maximum Gasteiger partial charge on any atom is 0.254 e. The van der Waals surface area contributed by atoms with Gasteiger partial charge >= 0.3 is 0 Å². The van der Waals surface area contributed by atoms with Gasteiger partial charge < -0.3 is 10.6 Å². The van der Waals surface area contributed by atoms with E-state index in [4.69, 9.17) is 28.9 Å². The molecule has 0 saturated carbocycles. The van der Waals surface area contributed by atoms with Crippen LogP contribution in [0, 0.1) is 0 Å². The number of carbonyl (C=O) groups excluding carboxylic acids is 1. The number of rotatable bonds is 3. The minimum Gasteiger partial charge on any atom is -0.398 e. The van der Waals surface area contributed by atoms with E-state index in [2.05, 4.69) is 0 Å². The summed E-state index contributed by atoms with van der Waals surface area (Å²) in [6, 6.07) is 12.2. The van der Waals surface area contributed by atoms with Crippen LogP contribution in [0.15, 0.2) is 42.5 Å². The number of hydrogen-bond acceptors (Lipinski definition) is 2. The summed E-state index contributed by atoms with van der Waals surface area (Å²) in [6.45, 7) is 0.426. The second-order valence-electron chi connectivity index (χ2n) is 4.52. The Balaban J connectivity index is 2.18. The third kappa shape index (κ3) is 3.44. The molecule has 0 aromatic heterocycles. The number of nitrogen functional groups attached to an aromatic ring is 1. The highest BCUT2D eigenvalue weighted by Gasteiger charge is 2.14. The van der Waals surface area contributed by atoms with Crippen LogP contribution in [0.5, 0.6) is 0 Å². The quantitative estimate of drug-likeness (QED) is 0.875. The van der Waals surface area contributed by atoms with E-state index < -0.39 is 0 Å². The average Bonchev–Trinajstić information content (AvgIpc) is 2.39. The Morgan fingerprint density at radius 2 is 1.75 bits per heavy atom. The highest BCUT2D eigenvalue weighted by atomic mass is 35.5. The fourth-order valence-electron chi connectivity index (χ4n) is 1.90. The molecule has 0 saturated heterocycles. The second kappa shape index (κ2) is 6.16. The van der Waals surface area contributed by atoms with Gasteiger partial charge in [-0.2, -0.15) is 0 Å². The number of benzene rings is 2. The number of nitrogens with two attached hydrogens (primary N) is 1. The number of nitrogens with zero attached hydrogens (tertiary/aromatic N) is 1. The minimum atomic E-state index is -0.155. The molecule has 0 fully saturated rings. The Kier molecular flexibility index (Phi) is 4.53. The molecule has 2 aromatic carbocycles. The number of halogens is 2. The van der Waals surface area contributed by atoms with Gasteiger partial charge in [0.05, 0.1) is 0 Å². The Hall–Kier alpha value is -1.71. The van der Waals surface area contributed by atoms with Crippen molar-refractivity contribution < 1.29 is 4.79 Å². The summed E-state index contributed by atoms with van der Waals surface area (Å²) in [4.78, 5) is 13.9. The summed E-state index contributed by atoms with van der Waals surface area (Å²) in [5.74, 6) is -0.155. The van der Waals surface area contributed by atoms with Crippen LogP contribution in [0.2, 0.25) is 10.0 Å². The topological polar surface area (TPSA) is 46.3 Å². The van der Waals surface area contributed by atoms with Crippen LogP contribution in [0.25, 0.3) is 0 Å². The van der Waals surface area contributed by atoms with Crippen molar-refractivity contribution in [3.63, 3.8) is 0 Å². The second-order valence-corrected chi connectivity index (χ2v) is 5.39. The smallest absolute Gasteiger partial charge is 0.254 e. The molecule has 0 unspecified atom stereocenters. The van der Waals surface area contributed by atoms with E-state index in [0.717, 1.165) is 5.56 Å². The van der Waals surface area contributed by atoms with Crippen molar-refractivity contribution in [1.82, 2.24) is 4.90 Å². The molecule has 0 heterocycles. The van der Waals surface area contributed by atoms with Gasteiger partial charge in [-0.15, -0.1) is 0 Å². The predicted octanol–water partition coefficient (Wildman–Crippen LogP) is 3.85. The van der Waals surface area contributed by atoms with Crippen LogP contribution in [0.1, 0.15) is 15.9 Å². The monoisotopic (exact) mass is 308 g/mol. The van der Waals surface area contributed by atoms with Gasteiger partial charge in [0.2, 0.25) is 0 Å². The van der Waals surface area contributed by atoms with Gasteiger partial charge in [0.1, 0.15) is 0 Å². The Morgan fingerprint density at radius 1 is 1.15 bits per heavy atom. The number of amides is 1. The first-order valence-electron chi connectivity index (χ1n) is 6.02. The lowest BCUT2D eigenvalue weighted by atomic mass is 10.1. The first-order valence-corrected chi connectivity index (χ1v) is 6.78. The summed E-state index contributed by atoms with van der Waals surface area (Å²) in [5, 5.41) is 0.877. The van der Waals surface area contributed by atoms with Crippen molar-refractivity contribution in [3.8, 4) is 0 Å². The van der Waals surface area contributed by atoms with Crippen molar-refractivity contribution >= 4 is 34.8 Å². The van der Waals surface area contributed by atoms with Crippen molar-refractivity contribution in [2.45, 2.75) is 6.54 Å². The molecule has 0 radical (unpaired) electrons. The number of carbonyl (C=O) groups is 1. The van der Waals surface area contributed by atoms with E-state index in [-0.39, 0.29) is 5.91 Å². The van der Waals surface area contributed by atoms with Crippen molar-refractivity contribution in [2.24, 2.45) is 0 Å². The highest BCUT2D eigenvalue weighted by Crippen LogP contribution is 2.21. The molecule has 104 valence electrons. The lowest BCUT2D eigenvalue weighted by Crippen LogP contribution is -2.26. The third-order valence-corrected chi connectivity index (χ3v) is 3.36. The number of hydrogen-bond donors (Lipinski definition) is 1. The van der Waals surface area contributed by atoms with E-state index >= 15 is 0 Å². The Bertz CT molecular complexity index is 623. The van der Waals surface area contributed by atoms with E-state index in [1.165, 1.54) is 0 Å². The minimum absolute atomic E-state index is 0.155. The van der Waals surface area contributed by atoms with E-state index in [0.29, 0.717) is 27.8 Å². The maximum atomic E-state index is 12.3. The summed E-state index contributed by atoms with van der Waals surface area (Å²) in [7, 11) is 1.71. The summed E-state index contributed by atoms with van der Waals surface area (Å²) in [6.07, 6.45) is 0. The zero-order valence-electron chi connectivity index (χ0n) is 10.9. The predicted molar refractivity (Wildman–Crippen MR) is 83.1 cm³/mol. The normalized spacial score (nSPS) is 10.3. The molecule has 2 rings (SSSR count). The molecule has 2 aromatic rings. The van der Waals surface area contributed by atoms with Crippen LogP contribution in [-0.4, -0.2) is 17.9 Å². The van der Waals surface area contributed by atoms with Crippen molar-refractivity contribution in [1.29, 1.82) is 0 Å². The molecule has 1 amide bonds. The summed E-state index contributed by atoms with van der Waals surface area (Å²) < 4.78 is 0. The first-order chi connectivity index (χ1) is 9.47. The van der Waals surface area contributed by atoms with Crippen LogP contribution in [0.4, 0.5) is 5.69 Å². The number of para-hydroxylation sites is 1. The van der Waals surface area contributed by atoms with Crippen molar-refractivity contribution in [2.75, 3.05) is 12.8 Å². The van der Waals surface area contributed by atoms with Gasteiger partial charge in [-0.3, -0.25) is 4.79 Å². The van der Waals surface area contributed by atoms with E-state index in [1.54, 1.807) is 30.1 Å². The lowest BCUT2D eigenvalue weighted by molar-refractivity contribution is 0.0785. The average molecular weight is 309 g/mol. The standard InChI is InChI=1S/C15H14Cl2N2O/c1-19(9-10-4-2-3-5-14(10)18)15(20)11-6-12(16)8-13(17)7-11/h2-8H,9,18H2,1H3. The van der Waals surface area contributed by atoms with E-state index in [1.807, 2.05) is 24.3 Å². The molecule has 20 heavy (non-hydrogen) atoms. The molecule has 0 spiro atoms. The van der Waals surface area contributed by atoms with Gasteiger partial charge in [-0.25, -0.2) is 0 Å². The maximum absolute atomic E-state index is 12.3. The first kappa shape index (κ1) is 14.7. The molecule has 3 nitrogen and oxygen atoms in total. The SMILES string of the molecule is CN(Cc1ccccc1N)C(=O)c1cc(Cl)cc(Cl)c1. The zero-order chi connectivity index (χ0) is 14.7. The zero-order valence-corrected chi connectivity index (χ0v) is 12.4. The summed E-state index contributed by atoms with van der Waals surface area (Å²) in [5.41, 5.74) is 7.90. The molecule has 0 bridgehead atoms. The molecule has 5 heteroatoms. The van der Waals surface area contributed by atoms with Crippen LogP contribution < -0.4 is 5.73 Å². The Morgan fingerprint density at radius 3 is 2.35 bits per heavy atom. The molecule has 0 aliphatic carbocycles. The molecular formula is C15H14Cl2N2O. The van der Waals surface area contributed by atoms with Crippen molar-refractivity contribution in [3.05, 3.63) is 63.6 Å². The van der Waals surface area contributed by atoms with Gasteiger partial charge in [-0.05, 0) is 29.8 Å². The van der Waals surface area contributed by atoms with E-state index in [9.17, 15) is 4.79 Å².